The van der Waals surface area contributed by atoms with Gasteiger partial charge in [0.05, 0.1) is 65.1 Å². The number of fused-ring (bicyclic) bond motifs is 4. The first-order chi connectivity index (χ1) is 35.6. The van der Waals surface area contributed by atoms with Crippen LogP contribution < -0.4 is 22.6 Å². The first-order valence-corrected chi connectivity index (χ1v) is 24.0. The lowest BCUT2D eigenvalue weighted by atomic mass is 10.0. The molecule has 0 amide bonds. The maximum atomic E-state index is 14.2. The van der Waals surface area contributed by atoms with E-state index in [1.54, 1.807) is 47.7 Å². The number of aromatic nitrogens is 14. The summed E-state index contributed by atoms with van der Waals surface area (Å²) >= 11 is 2.90. The van der Waals surface area contributed by atoms with Crippen LogP contribution in [-0.4, -0.2) is 68.2 Å². The monoisotopic (exact) mass is 1060 g/mol. The molecular formula is C52H44F4N16O2S2. The molecule has 12 rings (SSSR count). The summed E-state index contributed by atoms with van der Waals surface area (Å²) in [5.41, 5.74) is 15.3. The van der Waals surface area contributed by atoms with Crippen LogP contribution in [0.2, 0.25) is 0 Å². The molecule has 0 aliphatic heterocycles. The van der Waals surface area contributed by atoms with Gasteiger partial charge >= 0.3 is 0 Å². The van der Waals surface area contributed by atoms with Gasteiger partial charge in [-0.1, -0.05) is 39.1 Å². The smallest absolute Gasteiger partial charge is 0.266 e. The number of hydrogen-bond donors (Lipinski definition) is 2. The summed E-state index contributed by atoms with van der Waals surface area (Å²) in [7, 11) is 0. The summed E-state index contributed by atoms with van der Waals surface area (Å²) in [6, 6.07) is 15.2. The second-order valence-electron chi connectivity index (χ2n) is 16.9. The van der Waals surface area contributed by atoms with Gasteiger partial charge in [0, 0.05) is 24.8 Å². The molecule has 2 aromatic carbocycles. The van der Waals surface area contributed by atoms with E-state index in [1.165, 1.54) is 96.0 Å². The second-order valence-corrected chi connectivity index (χ2v) is 19.3. The predicted octanol–water partition coefficient (Wildman–Crippen LogP) is 10.1. The zero-order valence-corrected chi connectivity index (χ0v) is 40.7. The Labute approximate surface area is 436 Å². The molecule has 2 atom stereocenters. The topological polar surface area (TPSA) is 234 Å². The van der Waals surface area contributed by atoms with Crippen LogP contribution in [0.3, 0.4) is 0 Å². The van der Waals surface area contributed by atoms with Crippen molar-refractivity contribution in [3.63, 3.8) is 0 Å². The van der Waals surface area contributed by atoms with Crippen molar-refractivity contribution < 1.29 is 17.6 Å². The number of rotatable bonds is 8. The summed E-state index contributed by atoms with van der Waals surface area (Å²) in [4.78, 5) is 64.0. The van der Waals surface area contributed by atoms with Gasteiger partial charge in [0.25, 0.3) is 11.1 Å². The molecule has 0 aliphatic carbocycles. The molecule has 24 heteroatoms. The third-order valence-electron chi connectivity index (χ3n) is 12.1. The van der Waals surface area contributed by atoms with Gasteiger partial charge in [-0.25, -0.2) is 66.8 Å². The summed E-state index contributed by atoms with van der Waals surface area (Å²) in [5.74, 6) is -1.75. The highest BCUT2D eigenvalue weighted by atomic mass is 32.1. The predicted molar refractivity (Wildman–Crippen MR) is 286 cm³/mol. The number of nitrogens with two attached hydrogens (primary N) is 2. The van der Waals surface area contributed by atoms with Crippen LogP contribution in [0.25, 0.3) is 76.8 Å². The lowest BCUT2D eigenvalue weighted by Gasteiger charge is -2.18. The number of nitrogens with zero attached hydrogens (tertiary/aromatic N) is 14. The quantitative estimate of drug-likeness (QED) is 0.135. The number of thiazole rings is 2. The average molecular weight is 1070 g/mol. The first kappa shape index (κ1) is 51.7. The Hall–Kier alpha value is -9.16. The summed E-state index contributed by atoms with van der Waals surface area (Å²) in [6.45, 7) is 7.38. The highest BCUT2D eigenvalue weighted by molar-refractivity contribution is 7.15. The molecule has 76 heavy (non-hydrogen) atoms. The SMILES string of the molecule is C.C.Cc1ncc(-c2nn([C@@H](C)c3nc4ccc(F)cn4c(=O)c3-c3cccc(F)c3)c3ncnc(N)c23)s1.Cc1ncc(-c2nn([C@H](C)c3nc4ccc(F)cn4c(=O)c3-c3cccc(F)c3)c3ncnc(N)c23)s1. The molecular weight excluding hydrogens is 1020 g/mol. The number of anilines is 2. The number of nitrogen functional groups attached to an aromatic ring is 2. The molecule has 0 aliphatic rings. The van der Waals surface area contributed by atoms with Crippen LogP contribution >= 0.6 is 22.7 Å². The van der Waals surface area contributed by atoms with Crippen LogP contribution in [0, 0.1) is 37.1 Å². The lowest BCUT2D eigenvalue weighted by Crippen LogP contribution is -2.23. The average Bonchev–Trinajstić information content (AvgIpc) is 4.27. The fourth-order valence-electron chi connectivity index (χ4n) is 8.74. The molecule has 18 nitrogen and oxygen atoms in total. The number of benzene rings is 2. The number of pyridine rings is 2. The van der Waals surface area contributed by atoms with Crippen molar-refractivity contribution in [3.8, 4) is 43.4 Å². The maximum Gasteiger partial charge on any atom is 0.266 e. The molecule has 0 unspecified atom stereocenters. The number of halogens is 4. The fraction of sp³-hybridized carbons (Fsp3) is 0.154. The van der Waals surface area contributed by atoms with E-state index < -0.39 is 46.5 Å². The lowest BCUT2D eigenvalue weighted by molar-refractivity contribution is 0.566. The molecule has 384 valence electrons. The minimum atomic E-state index is -0.652. The van der Waals surface area contributed by atoms with E-state index in [9.17, 15) is 27.2 Å². The van der Waals surface area contributed by atoms with E-state index in [4.69, 9.17) is 31.6 Å². The zero-order chi connectivity index (χ0) is 51.7. The first-order valence-electron chi connectivity index (χ1n) is 22.4. The van der Waals surface area contributed by atoms with Gasteiger partial charge in [0.15, 0.2) is 11.3 Å². The summed E-state index contributed by atoms with van der Waals surface area (Å²) < 4.78 is 61.9. The Morgan fingerprint density at radius 1 is 0.539 bits per heavy atom. The Bertz CT molecular complexity index is 4060. The van der Waals surface area contributed by atoms with E-state index in [-0.39, 0.29) is 48.9 Å². The van der Waals surface area contributed by atoms with E-state index in [2.05, 4.69) is 29.9 Å². The van der Waals surface area contributed by atoms with Crippen molar-refractivity contribution in [1.29, 1.82) is 0 Å². The molecule has 0 radical (unpaired) electrons. The summed E-state index contributed by atoms with van der Waals surface area (Å²) in [6.07, 6.45) is 8.20. The number of aryl methyl sites for hydroxylation is 2. The molecule has 12 aromatic rings. The van der Waals surface area contributed by atoms with Crippen LogP contribution in [0.5, 0.6) is 0 Å². The maximum absolute atomic E-state index is 14.2. The Morgan fingerprint density at radius 2 is 0.947 bits per heavy atom. The second kappa shape index (κ2) is 20.3. The van der Waals surface area contributed by atoms with Gasteiger partial charge in [-0.05, 0) is 87.4 Å². The van der Waals surface area contributed by atoms with Crippen molar-refractivity contribution in [2.75, 3.05) is 11.5 Å². The Kier molecular flexibility index (Phi) is 13.8. The van der Waals surface area contributed by atoms with Crippen LogP contribution in [-0.2, 0) is 0 Å². The van der Waals surface area contributed by atoms with Gasteiger partial charge in [-0.15, -0.1) is 22.7 Å². The van der Waals surface area contributed by atoms with Crippen molar-refractivity contribution in [1.82, 2.24) is 68.2 Å². The molecule has 0 fully saturated rings. The third kappa shape index (κ3) is 9.05. The van der Waals surface area contributed by atoms with Gasteiger partial charge < -0.3 is 11.5 Å². The van der Waals surface area contributed by atoms with E-state index in [0.29, 0.717) is 56.0 Å². The molecule has 10 aromatic heterocycles. The third-order valence-corrected chi connectivity index (χ3v) is 14.0. The van der Waals surface area contributed by atoms with Crippen molar-refractivity contribution in [2.24, 2.45) is 0 Å². The molecule has 0 bridgehead atoms. The minimum absolute atomic E-state index is 0. The largest absolute Gasteiger partial charge is 0.383 e. The minimum Gasteiger partial charge on any atom is -0.383 e. The normalized spacial score (nSPS) is 12.1. The number of hydrogen-bond acceptors (Lipinski definition) is 16. The van der Waals surface area contributed by atoms with E-state index >= 15 is 0 Å². The highest BCUT2D eigenvalue weighted by Crippen LogP contribution is 2.39. The molecule has 0 saturated carbocycles. The van der Waals surface area contributed by atoms with E-state index in [1.807, 2.05) is 13.8 Å². The van der Waals surface area contributed by atoms with Gasteiger partial charge in [-0.3, -0.25) is 18.4 Å². The van der Waals surface area contributed by atoms with Crippen molar-refractivity contribution in [2.45, 2.75) is 54.6 Å². The molecule has 0 spiro atoms. The van der Waals surface area contributed by atoms with Crippen LogP contribution in [0.4, 0.5) is 29.2 Å². The van der Waals surface area contributed by atoms with Gasteiger partial charge in [0.1, 0.15) is 70.2 Å². The Morgan fingerprint density at radius 3 is 1.32 bits per heavy atom. The molecule has 4 N–H and O–H groups in total. The summed E-state index contributed by atoms with van der Waals surface area (Å²) in [5, 5.41) is 12.4. The van der Waals surface area contributed by atoms with Crippen molar-refractivity contribution in [3.05, 3.63) is 176 Å². The van der Waals surface area contributed by atoms with Crippen LogP contribution in [0.1, 0.15) is 62.2 Å². The van der Waals surface area contributed by atoms with Crippen molar-refractivity contribution >= 4 is 67.7 Å². The zero-order valence-electron chi connectivity index (χ0n) is 39.1. The standard InChI is InChI=1S/2C25H18F2N8OS.2CH4/c2*1-12(35-24-20(23(28)30-11-31-24)22(33-35)17-9-29-13(2)37-17)21-19(14-4-3-5-15(26)8-14)25(36)34-10-16(27)6-7-18(34)32-21;;/h2*3-12H,1-2H3,(H2,28,30,31);2*1H4/t2*12-;;/m10../s1. The highest BCUT2D eigenvalue weighted by Gasteiger charge is 2.29. The van der Waals surface area contributed by atoms with Gasteiger partial charge in [0.2, 0.25) is 0 Å². The Balaban J connectivity index is 0.000000181. The molecule has 0 saturated heterocycles. The fourth-order valence-corrected chi connectivity index (χ4v) is 10.3. The van der Waals surface area contributed by atoms with Gasteiger partial charge in [-0.2, -0.15) is 10.2 Å². The van der Waals surface area contributed by atoms with E-state index in [0.717, 1.165) is 41.0 Å². The molecule has 10 heterocycles. The van der Waals surface area contributed by atoms with Crippen LogP contribution in [0.15, 0.2) is 120 Å².